The smallest absolute Gasteiger partial charge is 0.338 e. The molecule has 0 radical (unpaired) electrons. The summed E-state index contributed by atoms with van der Waals surface area (Å²) < 4.78 is 5.02. The number of hydrogen-bond acceptors (Lipinski definition) is 7. The highest BCUT2D eigenvalue weighted by Crippen LogP contribution is 2.30. The number of nitrogens with one attached hydrogen (secondary N) is 1. The molecule has 35 heavy (non-hydrogen) atoms. The topological polar surface area (TPSA) is 136 Å². The van der Waals surface area contributed by atoms with Crippen molar-refractivity contribution >= 4 is 40.8 Å². The van der Waals surface area contributed by atoms with Crippen LogP contribution < -0.4 is 10.2 Å². The zero-order chi connectivity index (χ0) is 25.3. The van der Waals surface area contributed by atoms with Crippen LogP contribution in [-0.4, -0.2) is 35.2 Å². The van der Waals surface area contributed by atoms with Crippen LogP contribution >= 0.6 is 0 Å². The number of nitro benzene ring substituents is 1. The molecule has 0 aliphatic carbocycles. The second-order valence-corrected chi connectivity index (χ2v) is 7.82. The zero-order valence-corrected chi connectivity index (χ0v) is 18.7. The zero-order valence-electron chi connectivity index (χ0n) is 18.7. The van der Waals surface area contributed by atoms with Crippen LogP contribution in [0.4, 0.5) is 17.1 Å². The molecule has 0 aromatic heterocycles. The Labute approximate surface area is 199 Å². The molecule has 0 saturated carbocycles. The van der Waals surface area contributed by atoms with Gasteiger partial charge in [-0.2, -0.15) is 0 Å². The van der Waals surface area contributed by atoms with Crippen molar-refractivity contribution in [2.24, 2.45) is 0 Å². The molecule has 1 aliphatic heterocycles. The van der Waals surface area contributed by atoms with Crippen molar-refractivity contribution in [3.05, 3.63) is 98.6 Å². The van der Waals surface area contributed by atoms with Crippen LogP contribution in [0, 0.1) is 24.0 Å². The minimum atomic E-state index is -0.815. The van der Waals surface area contributed by atoms with Gasteiger partial charge in [-0.05, 0) is 61.4 Å². The van der Waals surface area contributed by atoms with Crippen LogP contribution in [0.1, 0.15) is 42.2 Å². The second-order valence-electron chi connectivity index (χ2n) is 7.82. The van der Waals surface area contributed by atoms with Gasteiger partial charge in [-0.25, -0.2) is 9.69 Å². The van der Waals surface area contributed by atoms with Crippen LogP contribution in [0.5, 0.6) is 0 Å². The molecule has 3 amide bonds. The number of amides is 3. The largest absolute Gasteiger partial charge is 0.452 e. The normalized spacial score (nSPS) is 12.3. The standard InChI is InChI=1S/C25H19N3O7/c1-14-7-12-20(28(33)34)22(15(14)2)26-21(29)13-35-25(32)16-8-10-17(11-9-16)27-23(30)18-5-3-4-6-19(18)24(27)31/h3-12H,13H2,1-2H3,(H,26,29). The number of hydrogen-bond donors (Lipinski definition) is 1. The Morgan fingerprint density at radius 2 is 1.54 bits per heavy atom. The lowest BCUT2D eigenvalue weighted by Crippen LogP contribution is -2.29. The predicted molar refractivity (Wildman–Crippen MR) is 126 cm³/mol. The van der Waals surface area contributed by atoms with Gasteiger partial charge in [0.1, 0.15) is 5.69 Å². The molecule has 3 aromatic rings. The quantitative estimate of drug-likeness (QED) is 0.249. The lowest BCUT2D eigenvalue weighted by molar-refractivity contribution is -0.384. The molecular formula is C25H19N3O7. The van der Waals surface area contributed by atoms with Gasteiger partial charge in [0, 0.05) is 6.07 Å². The van der Waals surface area contributed by atoms with E-state index in [2.05, 4.69) is 5.32 Å². The first-order valence-corrected chi connectivity index (χ1v) is 10.5. The van der Waals surface area contributed by atoms with E-state index in [0.29, 0.717) is 16.7 Å². The minimum absolute atomic E-state index is 0.0429. The first kappa shape index (κ1) is 23.3. The predicted octanol–water partition coefficient (Wildman–Crippen LogP) is 3.81. The Morgan fingerprint density at radius 1 is 0.943 bits per heavy atom. The number of imide groups is 1. The fourth-order valence-corrected chi connectivity index (χ4v) is 3.67. The molecular weight excluding hydrogens is 454 g/mol. The molecule has 1 aliphatic rings. The Kier molecular flexibility index (Phi) is 6.11. The number of benzene rings is 3. The van der Waals surface area contributed by atoms with Crippen LogP contribution in [-0.2, 0) is 9.53 Å². The molecule has 0 fully saturated rings. The fourth-order valence-electron chi connectivity index (χ4n) is 3.67. The molecule has 176 valence electrons. The van der Waals surface area contributed by atoms with E-state index in [9.17, 15) is 29.3 Å². The van der Waals surface area contributed by atoms with Gasteiger partial charge in [-0.3, -0.25) is 24.5 Å². The third-order valence-corrected chi connectivity index (χ3v) is 5.66. The Morgan fingerprint density at radius 3 is 2.11 bits per heavy atom. The van der Waals surface area contributed by atoms with Crippen molar-refractivity contribution in [1.29, 1.82) is 0 Å². The third-order valence-electron chi connectivity index (χ3n) is 5.66. The summed E-state index contributed by atoms with van der Waals surface area (Å²) in [6, 6.07) is 14.9. The highest BCUT2D eigenvalue weighted by molar-refractivity contribution is 6.34. The van der Waals surface area contributed by atoms with Crippen molar-refractivity contribution < 1.29 is 28.8 Å². The van der Waals surface area contributed by atoms with E-state index in [4.69, 9.17) is 4.74 Å². The molecule has 10 nitrogen and oxygen atoms in total. The van der Waals surface area contributed by atoms with E-state index in [1.165, 1.54) is 30.3 Å². The van der Waals surface area contributed by atoms with E-state index in [0.717, 1.165) is 10.5 Å². The maximum absolute atomic E-state index is 12.6. The number of nitro groups is 1. The highest BCUT2D eigenvalue weighted by Gasteiger charge is 2.36. The van der Waals surface area contributed by atoms with Crippen LogP contribution in [0.25, 0.3) is 0 Å². The first-order valence-electron chi connectivity index (χ1n) is 10.5. The summed E-state index contributed by atoms with van der Waals surface area (Å²) in [5.41, 5.74) is 2.04. The number of esters is 1. The van der Waals surface area contributed by atoms with Gasteiger partial charge >= 0.3 is 5.97 Å². The summed E-state index contributed by atoms with van der Waals surface area (Å²) in [5.74, 6) is -2.47. The van der Waals surface area contributed by atoms with Crippen molar-refractivity contribution in [1.82, 2.24) is 0 Å². The van der Waals surface area contributed by atoms with Gasteiger partial charge in [0.25, 0.3) is 23.4 Å². The SMILES string of the molecule is Cc1ccc([N+](=O)[O-])c(NC(=O)COC(=O)c2ccc(N3C(=O)c4ccccc4C3=O)cc2)c1C. The molecule has 0 unspecified atom stereocenters. The molecule has 10 heteroatoms. The summed E-state index contributed by atoms with van der Waals surface area (Å²) >= 11 is 0. The molecule has 0 atom stereocenters. The lowest BCUT2D eigenvalue weighted by atomic mass is 10.1. The maximum atomic E-state index is 12.6. The summed E-state index contributed by atoms with van der Waals surface area (Å²) in [7, 11) is 0. The second kappa shape index (κ2) is 9.18. The van der Waals surface area contributed by atoms with Gasteiger partial charge in [-0.1, -0.05) is 18.2 Å². The van der Waals surface area contributed by atoms with E-state index >= 15 is 0 Å². The summed E-state index contributed by atoms with van der Waals surface area (Å²) in [6.45, 7) is 2.73. The van der Waals surface area contributed by atoms with Crippen LogP contribution in [0.2, 0.25) is 0 Å². The van der Waals surface area contributed by atoms with Gasteiger partial charge < -0.3 is 10.1 Å². The van der Waals surface area contributed by atoms with Gasteiger partial charge in [0.15, 0.2) is 6.61 Å². The lowest BCUT2D eigenvalue weighted by Gasteiger charge is -2.14. The Bertz CT molecular complexity index is 1360. The highest BCUT2D eigenvalue weighted by atomic mass is 16.6. The molecule has 0 spiro atoms. The third kappa shape index (κ3) is 4.36. The molecule has 1 heterocycles. The van der Waals surface area contributed by atoms with Gasteiger partial charge in [0.05, 0.1) is 27.3 Å². The van der Waals surface area contributed by atoms with Crippen molar-refractivity contribution in [2.45, 2.75) is 13.8 Å². The maximum Gasteiger partial charge on any atom is 0.338 e. The molecule has 0 bridgehead atoms. The minimum Gasteiger partial charge on any atom is -0.452 e. The van der Waals surface area contributed by atoms with E-state index < -0.39 is 35.2 Å². The van der Waals surface area contributed by atoms with Crippen molar-refractivity contribution in [3.8, 4) is 0 Å². The van der Waals surface area contributed by atoms with Crippen molar-refractivity contribution in [2.75, 3.05) is 16.8 Å². The van der Waals surface area contributed by atoms with Gasteiger partial charge in [0.2, 0.25) is 0 Å². The van der Waals surface area contributed by atoms with E-state index in [1.807, 2.05) is 0 Å². The monoisotopic (exact) mass is 473 g/mol. The molecule has 0 saturated heterocycles. The number of ether oxygens (including phenoxy) is 1. The van der Waals surface area contributed by atoms with Crippen LogP contribution in [0.3, 0.4) is 0 Å². The Balaban J connectivity index is 1.41. The number of anilines is 2. The van der Waals surface area contributed by atoms with E-state index in [-0.39, 0.29) is 22.6 Å². The summed E-state index contributed by atoms with van der Waals surface area (Å²) in [6.07, 6.45) is 0. The first-order chi connectivity index (χ1) is 16.7. The molecule has 3 aromatic carbocycles. The average Bonchev–Trinajstić information content (AvgIpc) is 3.10. The molecule has 4 rings (SSSR count). The van der Waals surface area contributed by atoms with Crippen LogP contribution in [0.15, 0.2) is 60.7 Å². The number of aryl methyl sites for hydroxylation is 1. The number of fused-ring (bicyclic) bond motifs is 1. The molecule has 1 N–H and O–H groups in total. The average molecular weight is 473 g/mol. The van der Waals surface area contributed by atoms with Gasteiger partial charge in [-0.15, -0.1) is 0 Å². The number of carbonyl (C=O) groups is 4. The summed E-state index contributed by atoms with van der Waals surface area (Å²) in [5, 5.41) is 13.7. The Hall–Kier alpha value is -4.86. The number of carbonyl (C=O) groups excluding carboxylic acids is 4. The number of rotatable bonds is 6. The van der Waals surface area contributed by atoms with E-state index in [1.54, 1.807) is 44.2 Å². The van der Waals surface area contributed by atoms with Crippen molar-refractivity contribution in [3.63, 3.8) is 0 Å². The summed E-state index contributed by atoms with van der Waals surface area (Å²) in [4.78, 5) is 61.5. The fraction of sp³-hybridized carbons (Fsp3) is 0.120. The number of nitrogens with zero attached hydrogens (tertiary/aromatic N) is 2.